The third-order valence-corrected chi connectivity index (χ3v) is 4.51. The van der Waals surface area contributed by atoms with Crippen LogP contribution in [-0.4, -0.2) is 36.0 Å². The van der Waals surface area contributed by atoms with Crippen LogP contribution in [0.4, 0.5) is 4.79 Å². The van der Waals surface area contributed by atoms with Crippen LogP contribution in [0.5, 0.6) is 0 Å². The van der Waals surface area contributed by atoms with Crippen molar-refractivity contribution in [2.24, 2.45) is 5.92 Å². The molecule has 5 nitrogen and oxygen atoms in total. The minimum Gasteiger partial charge on any atom is -0.445 e. The number of Topliss-reactive ketones (excluding diaryl/α,β-unsaturated/α-hetero) is 1. The number of ether oxygens (including phenoxy) is 2. The molecule has 3 rings (SSSR count). The number of fused-ring (bicyclic) bond motifs is 2. The molecule has 2 aliphatic heterocycles. The quantitative estimate of drug-likeness (QED) is 0.857. The van der Waals surface area contributed by atoms with Crippen LogP contribution in [0.1, 0.15) is 18.9 Å². The van der Waals surface area contributed by atoms with Gasteiger partial charge in [0.15, 0.2) is 0 Å². The number of carbonyl (C=O) groups excluding carboxylic acids is 2. The van der Waals surface area contributed by atoms with Gasteiger partial charge in [-0.15, -0.1) is 0 Å². The fourth-order valence-corrected chi connectivity index (χ4v) is 3.33. The number of ketones is 1. The monoisotopic (exact) mass is 314 g/mol. The van der Waals surface area contributed by atoms with Crippen molar-refractivity contribution < 1.29 is 19.1 Å². The van der Waals surface area contributed by atoms with Gasteiger partial charge >= 0.3 is 6.09 Å². The Kier molecular flexibility index (Phi) is 4.66. The van der Waals surface area contributed by atoms with E-state index in [1.807, 2.05) is 43.2 Å². The van der Waals surface area contributed by atoms with Crippen molar-refractivity contribution in [2.45, 2.75) is 32.0 Å². The van der Waals surface area contributed by atoms with Gasteiger partial charge in [0, 0.05) is 25.5 Å². The van der Waals surface area contributed by atoms with Crippen molar-refractivity contribution >= 4 is 11.9 Å². The molecule has 2 heterocycles. The second-order valence-electron chi connectivity index (χ2n) is 5.87. The lowest BCUT2D eigenvalue weighted by molar-refractivity contribution is -0.121. The molecule has 2 aliphatic rings. The van der Waals surface area contributed by atoms with Gasteiger partial charge in [0.1, 0.15) is 18.5 Å². The lowest BCUT2D eigenvalue weighted by atomic mass is 9.94. The number of hydrogen-bond acceptors (Lipinski definition) is 4. The van der Waals surface area contributed by atoms with E-state index < -0.39 is 6.09 Å². The van der Waals surface area contributed by atoms with E-state index in [9.17, 15) is 9.59 Å². The summed E-state index contributed by atoms with van der Waals surface area (Å²) in [5, 5.41) is 0. The van der Waals surface area contributed by atoms with E-state index >= 15 is 0 Å². The smallest absolute Gasteiger partial charge is 0.410 e. The summed E-state index contributed by atoms with van der Waals surface area (Å²) < 4.78 is 10.8. The number of nitrogens with zero attached hydrogens (tertiary/aromatic N) is 1. The summed E-state index contributed by atoms with van der Waals surface area (Å²) in [6.07, 6.45) is 4.58. The zero-order valence-corrected chi connectivity index (χ0v) is 13.3. The fraction of sp³-hybridized carbons (Fsp3) is 0.389. The zero-order valence-electron chi connectivity index (χ0n) is 13.3. The average molecular weight is 314 g/mol. The van der Waals surface area contributed by atoms with Crippen LogP contribution in [-0.2, 0) is 20.9 Å². The fourth-order valence-electron chi connectivity index (χ4n) is 3.33. The number of hydrogen-bond donors (Lipinski definition) is 0. The van der Waals surface area contributed by atoms with Gasteiger partial charge in [0.2, 0.25) is 0 Å². The van der Waals surface area contributed by atoms with Crippen molar-refractivity contribution in [3.63, 3.8) is 0 Å². The summed E-state index contributed by atoms with van der Waals surface area (Å²) in [5.74, 6) is -0.117. The molecule has 2 bridgehead atoms. The Bertz CT molecular complexity index is 574. The van der Waals surface area contributed by atoms with Crippen LogP contribution in [0.2, 0.25) is 0 Å². The molecule has 0 aromatic heterocycles. The molecule has 2 fully saturated rings. The molecule has 3 radical (unpaired) electrons. The number of rotatable bonds is 4. The Morgan fingerprint density at radius 1 is 1.26 bits per heavy atom. The number of methoxy groups -OCH3 is 1. The van der Waals surface area contributed by atoms with Crippen molar-refractivity contribution in [3.05, 3.63) is 54.8 Å². The molecule has 2 saturated heterocycles. The van der Waals surface area contributed by atoms with Gasteiger partial charge < -0.3 is 9.47 Å². The van der Waals surface area contributed by atoms with Gasteiger partial charge in [-0.05, 0) is 25.3 Å². The number of carbonyl (C=O) groups is 2. The standard InChI is InChI=1S/C18H20NO4/c1-12(20)14-10-16-17(22-2)9-8-15(14)19(16)18(21)23-11-13-6-4-3-5-7-13/h3-9,14-16H,10-11H2,1-2H3/t14-,15-,16-/m1/s1. The highest BCUT2D eigenvalue weighted by atomic mass is 16.6. The van der Waals surface area contributed by atoms with Crippen LogP contribution >= 0.6 is 0 Å². The highest BCUT2D eigenvalue weighted by Crippen LogP contribution is 2.43. The predicted molar refractivity (Wildman–Crippen MR) is 83.7 cm³/mol. The van der Waals surface area contributed by atoms with Gasteiger partial charge in [-0.25, -0.2) is 4.79 Å². The Morgan fingerprint density at radius 2 is 2.00 bits per heavy atom. The molecule has 0 aliphatic carbocycles. The molecule has 0 N–H and O–H groups in total. The maximum Gasteiger partial charge on any atom is 0.410 e. The molecule has 0 spiro atoms. The molecule has 0 unspecified atom stereocenters. The Balaban J connectivity index is 1.72. The highest BCUT2D eigenvalue weighted by Gasteiger charge is 2.53. The Morgan fingerprint density at radius 3 is 2.65 bits per heavy atom. The van der Waals surface area contributed by atoms with Crippen molar-refractivity contribution in [1.82, 2.24) is 4.90 Å². The second kappa shape index (κ2) is 6.71. The third-order valence-electron chi connectivity index (χ3n) is 4.51. The van der Waals surface area contributed by atoms with Crippen LogP contribution in [0.25, 0.3) is 0 Å². The van der Waals surface area contributed by atoms with Crippen molar-refractivity contribution in [3.8, 4) is 0 Å². The predicted octanol–water partition coefficient (Wildman–Crippen LogP) is 2.57. The first kappa shape index (κ1) is 16.0. The molecular formula is C18H20NO4. The van der Waals surface area contributed by atoms with E-state index in [-0.39, 0.29) is 30.4 Å². The Labute approximate surface area is 136 Å². The van der Waals surface area contributed by atoms with E-state index in [0.717, 1.165) is 5.56 Å². The van der Waals surface area contributed by atoms with Crippen molar-refractivity contribution in [2.75, 3.05) is 7.11 Å². The Hall–Kier alpha value is -1.88. The summed E-state index contributed by atoms with van der Waals surface area (Å²) in [6, 6.07) is 9.05. The first-order valence-electron chi connectivity index (χ1n) is 7.70. The van der Waals surface area contributed by atoms with E-state index in [2.05, 4.69) is 0 Å². The lowest BCUT2D eigenvalue weighted by Gasteiger charge is -2.37. The van der Waals surface area contributed by atoms with Gasteiger partial charge in [0.05, 0.1) is 6.04 Å². The van der Waals surface area contributed by atoms with Gasteiger partial charge in [-0.1, -0.05) is 30.3 Å². The number of benzene rings is 1. The van der Waals surface area contributed by atoms with E-state index in [4.69, 9.17) is 9.47 Å². The molecule has 5 heteroatoms. The molecule has 3 atom stereocenters. The summed E-state index contributed by atoms with van der Waals surface area (Å²) in [5.41, 5.74) is 0.930. The largest absolute Gasteiger partial charge is 0.445 e. The lowest BCUT2D eigenvalue weighted by Crippen LogP contribution is -2.49. The summed E-state index contributed by atoms with van der Waals surface area (Å²) >= 11 is 0. The number of amides is 1. The van der Waals surface area contributed by atoms with Crippen LogP contribution < -0.4 is 0 Å². The molecule has 121 valence electrons. The van der Waals surface area contributed by atoms with Crippen LogP contribution in [0.15, 0.2) is 30.3 Å². The molecule has 23 heavy (non-hydrogen) atoms. The molecular weight excluding hydrogens is 294 g/mol. The molecule has 1 amide bonds. The van der Waals surface area contributed by atoms with E-state index in [0.29, 0.717) is 12.5 Å². The van der Waals surface area contributed by atoms with Crippen LogP contribution in [0.3, 0.4) is 0 Å². The molecule has 1 aromatic rings. The summed E-state index contributed by atoms with van der Waals surface area (Å²) in [7, 11) is 1.58. The second-order valence-corrected chi connectivity index (χ2v) is 5.87. The maximum absolute atomic E-state index is 12.6. The number of piperidine rings is 1. The van der Waals surface area contributed by atoms with E-state index in [1.54, 1.807) is 18.9 Å². The van der Waals surface area contributed by atoms with Gasteiger partial charge in [-0.2, -0.15) is 0 Å². The van der Waals surface area contributed by atoms with Crippen LogP contribution in [0, 0.1) is 24.9 Å². The normalized spacial score (nSPS) is 27.0. The SMILES string of the molecule is CO[C]1[CH][CH][C@@H]2[C@@H](C(C)=O)C[C@H]1N2C(=O)OCc1ccccc1. The average Bonchev–Trinajstić information content (AvgIpc) is 2.84. The topological polar surface area (TPSA) is 55.8 Å². The zero-order chi connectivity index (χ0) is 16.4. The van der Waals surface area contributed by atoms with Crippen molar-refractivity contribution in [1.29, 1.82) is 0 Å². The first-order valence-corrected chi connectivity index (χ1v) is 7.70. The summed E-state index contributed by atoms with van der Waals surface area (Å²) in [6.45, 7) is 1.78. The minimum absolute atomic E-state index is 0.0837. The molecule has 1 aromatic carbocycles. The highest BCUT2D eigenvalue weighted by molar-refractivity contribution is 5.82. The third kappa shape index (κ3) is 3.11. The van der Waals surface area contributed by atoms with Gasteiger partial charge in [0.25, 0.3) is 0 Å². The maximum atomic E-state index is 12.6. The molecule has 0 saturated carbocycles. The van der Waals surface area contributed by atoms with E-state index in [1.165, 1.54) is 0 Å². The summed E-state index contributed by atoms with van der Waals surface area (Å²) in [4.78, 5) is 26.1. The minimum atomic E-state index is -0.411. The van der Waals surface area contributed by atoms with Gasteiger partial charge in [-0.3, -0.25) is 9.69 Å². The first-order chi connectivity index (χ1) is 11.1.